The van der Waals surface area contributed by atoms with E-state index in [4.69, 9.17) is 4.74 Å². The number of nitrogens with zero attached hydrogens (tertiary/aromatic N) is 1. The van der Waals surface area contributed by atoms with E-state index in [1.54, 1.807) is 0 Å². The van der Waals surface area contributed by atoms with E-state index >= 15 is 0 Å². The van der Waals surface area contributed by atoms with Crippen LogP contribution in [0.1, 0.15) is 44.1 Å². The van der Waals surface area contributed by atoms with Gasteiger partial charge < -0.3 is 20.3 Å². The SMILES string of the molecule is COc1cc(F)c(CNC(=O)[C@H]2[C@H](C(=O)NCCCCN3CCCC3)[C@H]3C=C[C@@H]2C32CC2)c(F)c1. The van der Waals surface area contributed by atoms with Crippen molar-refractivity contribution in [3.63, 3.8) is 0 Å². The van der Waals surface area contributed by atoms with Crippen molar-refractivity contribution in [1.29, 1.82) is 0 Å². The molecule has 4 atom stereocenters. The Kier molecular flexibility index (Phi) is 6.84. The monoisotopic (exact) mass is 487 g/mol. The molecule has 2 saturated carbocycles. The average molecular weight is 488 g/mol. The summed E-state index contributed by atoms with van der Waals surface area (Å²) in [6.07, 6.45) is 10.7. The Morgan fingerprint density at radius 1 is 1.00 bits per heavy atom. The van der Waals surface area contributed by atoms with E-state index in [2.05, 4.69) is 27.7 Å². The second-order valence-electron chi connectivity index (χ2n) is 10.6. The minimum atomic E-state index is -0.767. The molecule has 190 valence electrons. The van der Waals surface area contributed by atoms with Crippen molar-refractivity contribution < 1.29 is 23.1 Å². The van der Waals surface area contributed by atoms with Gasteiger partial charge in [0.1, 0.15) is 17.4 Å². The molecule has 8 heteroatoms. The predicted octanol–water partition coefficient (Wildman–Crippen LogP) is 3.41. The second kappa shape index (κ2) is 9.88. The molecule has 2 bridgehead atoms. The van der Waals surface area contributed by atoms with E-state index in [9.17, 15) is 18.4 Å². The maximum absolute atomic E-state index is 14.4. The molecule has 1 saturated heterocycles. The molecule has 1 spiro atoms. The lowest BCUT2D eigenvalue weighted by Crippen LogP contribution is -2.44. The third-order valence-corrected chi connectivity index (χ3v) is 8.64. The Morgan fingerprint density at radius 2 is 1.60 bits per heavy atom. The molecular formula is C27H35F2N3O3. The molecule has 3 fully saturated rings. The highest BCUT2D eigenvalue weighted by molar-refractivity contribution is 5.90. The maximum Gasteiger partial charge on any atom is 0.224 e. The Bertz CT molecular complexity index is 980. The Labute approximate surface area is 205 Å². The number of halogens is 2. The number of ether oxygens (including phenoxy) is 1. The molecule has 0 radical (unpaired) electrons. The van der Waals surface area contributed by atoms with Crippen molar-refractivity contribution in [1.82, 2.24) is 15.5 Å². The van der Waals surface area contributed by atoms with Crippen LogP contribution in [0, 0.1) is 40.7 Å². The number of nitrogens with one attached hydrogen (secondary N) is 2. The zero-order chi connectivity index (χ0) is 24.6. The third-order valence-electron chi connectivity index (χ3n) is 8.64. The van der Waals surface area contributed by atoms with Crippen molar-refractivity contribution in [3.05, 3.63) is 41.5 Å². The van der Waals surface area contributed by atoms with E-state index in [0.717, 1.165) is 44.4 Å². The molecule has 0 aromatic heterocycles. The predicted molar refractivity (Wildman–Crippen MR) is 127 cm³/mol. The number of carbonyl (C=O) groups is 2. The topological polar surface area (TPSA) is 70.7 Å². The summed E-state index contributed by atoms with van der Waals surface area (Å²) in [6.45, 7) is 3.75. The number of benzene rings is 1. The molecule has 1 aromatic rings. The van der Waals surface area contributed by atoms with Crippen molar-refractivity contribution in [2.75, 3.05) is 33.3 Å². The van der Waals surface area contributed by atoms with Gasteiger partial charge in [-0.25, -0.2) is 8.78 Å². The minimum Gasteiger partial charge on any atom is -0.497 e. The van der Waals surface area contributed by atoms with Crippen molar-refractivity contribution in [2.24, 2.45) is 29.1 Å². The summed E-state index contributed by atoms with van der Waals surface area (Å²) in [6, 6.07) is 2.20. The first-order chi connectivity index (χ1) is 16.9. The summed E-state index contributed by atoms with van der Waals surface area (Å²) in [5.41, 5.74) is -0.200. The van der Waals surface area contributed by atoms with Crippen LogP contribution in [0.3, 0.4) is 0 Å². The lowest BCUT2D eigenvalue weighted by atomic mass is 9.81. The number of hydrogen-bond donors (Lipinski definition) is 2. The summed E-state index contributed by atoms with van der Waals surface area (Å²) in [4.78, 5) is 29.0. The molecule has 4 aliphatic rings. The number of carbonyl (C=O) groups excluding carboxylic acids is 2. The van der Waals surface area contributed by atoms with Gasteiger partial charge in [0, 0.05) is 30.8 Å². The summed E-state index contributed by atoms with van der Waals surface area (Å²) in [5.74, 6) is -2.72. The Balaban J connectivity index is 1.20. The maximum atomic E-state index is 14.4. The first-order valence-electron chi connectivity index (χ1n) is 12.9. The van der Waals surface area contributed by atoms with Gasteiger partial charge in [-0.2, -0.15) is 0 Å². The van der Waals surface area contributed by atoms with Crippen LogP contribution in [-0.4, -0.2) is 50.0 Å². The number of methoxy groups -OCH3 is 1. The molecule has 3 aliphatic carbocycles. The standard InChI is InChI=1S/C27H35F2N3O3/c1-35-17-14-21(28)18(22(29)15-17)16-31-26(34)24-20-7-6-19(27(20)8-9-27)23(24)25(33)30-10-2-3-11-32-12-4-5-13-32/h6-7,14-15,19-20,23-24H,2-5,8-13,16H2,1H3,(H,30,33)(H,31,34)/t19-,20+,23-,24-/m1/s1. The van der Waals surface area contributed by atoms with Gasteiger partial charge in [0.05, 0.1) is 18.9 Å². The molecule has 1 heterocycles. The summed E-state index contributed by atoms with van der Waals surface area (Å²) < 4.78 is 33.6. The van der Waals surface area contributed by atoms with Gasteiger partial charge in [-0.05, 0) is 75.4 Å². The van der Waals surface area contributed by atoms with Crippen LogP contribution in [0.4, 0.5) is 8.78 Å². The van der Waals surface area contributed by atoms with Gasteiger partial charge in [-0.15, -0.1) is 0 Å². The zero-order valence-corrected chi connectivity index (χ0v) is 20.3. The molecule has 5 rings (SSSR count). The molecule has 35 heavy (non-hydrogen) atoms. The Morgan fingerprint density at radius 3 is 2.17 bits per heavy atom. The highest BCUT2D eigenvalue weighted by Crippen LogP contribution is 2.72. The highest BCUT2D eigenvalue weighted by Gasteiger charge is 2.69. The quantitative estimate of drug-likeness (QED) is 0.392. The van der Waals surface area contributed by atoms with Gasteiger partial charge in [-0.3, -0.25) is 9.59 Å². The summed E-state index contributed by atoms with van der Waals surface area (Å²) in [7, 11) is 1.34. The van der Waals surface area contributed by atoms with Gasteiger partial charge in [0.25, 0.3) is 0 Å². The van der Waals surface area contributed by atoms with E-state index in [0.29, 0.717) is 6.54 Å². The Hall–Kier alpha value is -2.48. The van der Waals surface area contributed by atoms with Crippen LogP contribution in [0.5, 0.6) is 5.75 Å². The number of hydrogen-bond acceptors (Lipinski definition) is 4. The molecule has 1 aromatic carbocycles. The van der Waals surface area contributed by atoms with E-state index < -0.39 is 23.5 Å². The van der Waals surface area contributed by atoms with E-state index in [1.807, 2.05) is 0 Å². The smallest absolute Gasteiger partial charge is 0.224 e. The normalized spacial score (nSPS) is 28.0. The molecular weight excluding hydrogens is 452 g/mol. The number of amides is 2. The average Bonchev–Trinajstić information content (AvgIpc) is 3.20. The lowest BCUT2D eigenvalue weighted by molar-refractivity contribution is -0.135. The number of allylic oxidation sites excluding steroid dienone is 2. The number of rotatable bonds is 10. The van der Waals surface area contributed by atoms with E-state index in [1.165, 1.54) is 33.0 Å². The van der Waals surface area contributed by atoms with Crippen molar-refractivity contribution >= 4 is 11.8 Å². The summed E-state index contributed by atoms with van der Waals surface area (Å²) in [5, 5.41) is 5.81. The van der Waals surface area contributed by atoms with Gasteiger partial charge in [0.15, 0.2) is 0 Å². The molecule has 2 amide bonds. The molecule has 0 unspecified atom stereocenters. The van der Waals surface area contributed by atoms with Gasteiger partial charge >= 0.3 is 0 Å². The fourth-order valence-electron chi connectivity index (χ4n) is 6.67. The van der Waals surface area contributed by atoms with Gasteiger partial charge in [-0.1, -0.05) is 12.2 Å². The second-order valence-corrected chi connectivity index (χ2v) is 10.6. The van der Waals surface area contributed by atoms with E-state index in [-0.39, 0.29) is 46.9 Å². The van der Waals surface area contributed by atoms with Crippen LogP contribution in [0.2, 0.25) is 0 Å². The van der Waals surface area contributed by atoms with Gasteiger partial charge in [0.2, 0.25) is 11.8 Å². The first kappa shape index (κ1) is 24.2. The van der Waals surface area contributed by atoms with Crippen LogP contribution in [-0.2, 0) is 16.1 Å². The van der Waals surface area contributed by atoms with Crippen molar-refractivity contribution in [2.45, 2.75) is 45.1 Å². The van der Waals surface area contributed by atoms with Crippen molar-refractivity contribution in [3.8, 4) is 5.75 Å². The number of unbranched alkanes of at least 4 members (excludes halogenated alkanes) is 1. The fraction of sp³-hybridized carbons (Fsp3) is 0.630. The third kappa shape index (κ3) is 4.57. The summed E-state index contributed by atoms with van der Waals surface area (Å²) >= 11 is 0. The molecule has 6 nitrogen and oxygen atoms in total. The largest absolute Gasteiger partial charge is 0.497 e. The van der Waals surface area contributed by atoms with Crippen LogP contribution >= 0.6 is 0 Å². The van der Waals surface area contributed by atoms with Crippen LogP contribution < -0.4 is 15.4 Å². The minimum absolute atomic E-state index is 0.00368. The van der Waals surface area contributed by atoms with Crippen LogP contribution in [0.15, 0.2) is 24.3 Å². The number of likely N-dealkylation sites (tertiary alicyclic amines) is 1. The first-order valence-corrected chi connectivity index (χ1v) is 12.9. The molecule has 2 N–H and O–H groups in total. The van der Waals surface area contributed by atoms with Crippen LogP contribution in [0.25, 0.3) is 0 Å². The molecule has 1 aliphatic heterocycles. The lowest BCUT2D eigenvalue weighted by Gasteiger charge is -2.26. The highest BCUT2D eigenvalue weighted by atomic mass is 19.1. The zero-order valence-electron chi connectivity index (χ0n) is 20.3. The fourth-order valence-corrected chi connectivity index (χ4v) is 6.67.